The number of aromatic nitrogens is 2. The van der Waals surface area contributed by atoms with Crippen LogP contribution in [-0.2, 0) is 19.6 Å². The Kier molecular flexibility index (Phi) is 5.07. The molecule has 0 unspecified atom stereocenters. The van der Waals surface area contributed by atoms with Gasteiger partial charge in [-0.3, -0.25) is 9.89 Å². The molecule has 0 radical (unpaired) electrons. The molecule has 1 atom stereocenters. The molecule has 3 rings (SSSR count). The van der Waals surface area contributed by atoms with Crippen molar-refractivity contribution >= 4 is 26.8 Å². The van der Waals surface area contributed by atoms with Gasteiger partial charge in [0.25, 0.3) is 0 Å². The Morgan fingerprint density at radius 1 is 1.48 bits per heavy atom. The van der Waals surface area contributed by atoms with E-state index in [1.807, 2.05) is 13.0 Å². The van der Waals surface area contributed by atoms with Crippen molar-refractivity contribution in [1.82, 2.24) is 19.8 Å². The number of fused-ring (bicyclic) bond motifs is 1. The maximum Gasteiger partial charge on any atom is 0.245 e. The number of aryl methyl sites for hydroxylation is 1. The summed E-state index contributed by atoms with van der Waals surface area (Å²) in [6.45, 7) is 2.74. The predicted molar refractivity (Wildman–Crippen MR) is 92.6 cm³/mol. The fourth-order valence-electron chi connectivity index (χ4n) is 2.95. The number of nitrogens with zero attached hydrogens (tertiary/aromatic N) is 2. The number of H-pyrrole nitrogens is 1. The van der Waals surface area contributed by atoms with Crippen LogP contribution in [0.1, 0.15) is 18.4 Å². The van der Waals surface area contributed by atoms with Gasteiger partial charge in [0, 0.05) is 19.0 Å². The number of sulfonamides is 1. The van der Waals surface area contributed by atoms with Gasteiger partial charge in [-0.2, -0.15) is 9.40 Å². The van der Waals surface area contributed by atoms with Crippen LogP contribution in [0.25, 0.3) is 10.9 Å². The molecule has 1 aliphatic heterocycles. The Morgan fingerprint density at radius 2 is 2.28 bits per heavy atom. The van der Waals surface area contributed by atoms with Crippen molar-refractivity contribution in [1.29, 1.82) is 0 Å². The summed E-state index contributed by atoms with van der Waals surface area (Å²) in [5.41, 5.74) is 1.25. The van der Waals surface area contributed by atoms with Gasteiger partial charge in [0.1, 0.15) is 4.90 Å². The van der Waals surface area contributed by atoms with E-state index in [0.29, 0.717) is 18.7 Å². The Bertz CT molecular complexity index is 871. The summed E-state index contributed by atoms with van der Waals surface area (Å²) < 4.78 is 32.2. The summed E-state index contributed by atoms with van der Waals surface area (Å²) in [4.78, 5) is 12.3. The van der Waals surface area contributed by atoms with Crippen molar-refractivity contribution < 1.29 is 17.9 Å². The normalized spacial score (nSPS) is 18.6. The van der Waals surface area contributed by atoms with E-state index in [4.69, 9.17) is 4.74 Å². The van der Waals surface area contributed by atoms with Crippen molar-refractivity contribution in [2.24, 2.45) is 0 Å². The Balaban J connectivity index is 1.76. The van der Waals surface area contributed by atoms with E-state index in [1.54, 1.807) is 12.3 Å². The fraction of sp³-hybridized carbons (Fsp3) is 0.500. The number of hydrogen-bond donors (Lipinski definition) is 2. The van der Waals surface area contributed by atoms with Crippen LogP contribution < -0.4 is 5.32 Å². The van der Waals surface area contributed by atoms with Crippen molar-refractivity contribution in [2.45, 2.75) is 30.7 Å². The minimum absolute atomic E-state index is 0.0596. The molecule has 1 saturated heterocycles. The molecule has 8 nitrogen and oxygen atoms in total. The molecule has 25 heavy (non-hydrogen) atoms. The average molecular weight is 366 g/mol. The van der Waals surface area contributed by atoms with E-state index in [0.717, 1.165) is 28.1 Å². The zero-order chi connectivity index (χ0) is 18.0. The molecule has 0 saturated carbocycles. The first-order valence-electron chi connectivity index (χ1n) is 8.15. The number of aromatic amines is 1. The van der Waals surface area contributed by atoms with Crippen LogP contribution in [0.15, 0.2) is 23.2 Å². The summed E-state index contributed by atoms with van der Waals surface area (Å²) in [5.74, 6) is -0.338. The lowest BCUT2D eigenvalue weighted by Crippen LogP contribution is -2.45. The Hall–Kier alpha value is -1.97. The lowest BCUT2D eigenvalue weighted by atomic mass is 10.1. The largest absolute Gasteiger partial charge is 0.379 e. The maximum absolute atomic E-state index is 12.9. The van der Waals surface area contributed by atoms with Crippen molar-refractivity contribution in [2.75, 3.05) is 26.8 Å². The van der Waals surface area contributed by atoms with Gasteiger partial charge in [0.15, 0.2) is 0 Å². The third-order valence-corrected chi connectivity index (χ3v) is 6.06. The quantitative estimate of drug-likeness (QED) is 0.814. The number of amides is 1. The molecule has 136 valence electrons. The zero-order valence-electron chi connectivity index (χ0n) is 14.3. The highest BCUT2D eigenvalue weighted by molar-refractivity contribution is 7.89. The summed E-state index contributed by atoms with van der Waals surface area (Å²) in [6, 6.07) is 3.38. The lowest BCUT2D eigenvalue weighted by Gasteiger charge is -2.24. The second kappa shape index (κ2) is 7.11. The molecule has 0 bridgehead atoms. The zero-order valence-corrected chi connectivity index (χ0v) is 15.1. The monoisotopic (exact) mass is 366 g/mol. The summed E-state index contributed by atoms with van der Waals surface area (Å²) in [6.07, 6.45) is 3.31. The molecule has 2 aromatic rings. The van der Waals surface area contributed by atoms with E-state index in [-0.39, 0.29) is 23.4 Å². The van der Waals surface area contributed by atoms with E-state index in [9.17, 15) is 13.2 Å². The predicted octanol–water partition coefficient (Wildman–Crippen LogP) is 0.787. The van der Waals surface area contributed by atoms with Gasteiger partial charge in [0.05, 0.1) is 30.9 Å². The molecule has 0 aliphatic carbocycles. The molecule has 9 heteroatoms. The van der Waals surface area contributed by atoms with Gasteiger partial charge >= 0.3 is 0 Å². The van der Waals surface area contributed by atoms with Crippen LogP contribution in [0.4, 0.5) is 0 Å². The highest BCUT2D eigenvalue weighted by Crippen LogP contribution is 2.25. The molecule has 0 spiro atoms. The number of ether oxygens (including phenoxy) is 1. The second-order valence-electron chi connectivity index (χ2n) is 6.34. The first-order valence-corrected chi connectivity index (χ1v) is 9.59. The third kappa shape index (κ3) is 3.83. The van der Waals surface area contributed by atoms with Gasteiger partial charge < -0.3 is 10.1 Å². The van der Waals surface area contributed by atoms with Gasteiger partial charge in [-0.1, -0.05) is 0 Å². The van der Waals surface area contributed by atoms with Crippen molar-refractivity contribution in [3.05, 3.63) is 23.9 Å². The molecule has 1 aromatic carbocycles. The minimum atomic E-state index is -3.82. The molecule has 2 heterocycles. The van der Waals surface area contributed by atoms with Crippen molar-refractivity contribution in [3.63, 3.8) is 0 Å². The molecule has 1 aromatic heterocycles. The highest BCUT2D eigenvalue weighted by atomic mass is 32.2. The topological polar surface area (TPSA) is 104 Å². The number of benzene rings is 1. The maximum atomic E-state index is 12.9. The Morgan fingerprint density at radius 3 is 3.00 bits per heavy atom. The number of rotatable bonds is 5. The van der Waals surface area contributed by atoms with E-state index >= 15 is 0 Å². The number of hydrogen-bond acceptors (Lipinski definition) is 5. The standard InChI is InChI=1S/C16H22N4O4S/c1-11-6-12-8-17-19-16(12)14(7-11)25(22,23)20(2)9-15(21)18-13-4-3-5-24-10-13/h6-8,13H,3-5,9-10H2,1-2H3,(H,17,19)(H,18,21)/t13-/m0/s1. The minimum Gasteiger partial charge on any atom is -0.379 e. The van der Waals surface area contributed by atoms with Crippen LogP contribution in [-0.4, -0.2) is 61.7 Å². The molecule has 1 aliphatic rings. The first-order chi connectivity index (χ1) is 11.9. The number of likely N-dealkylation sites (N-methyl/N-ethyl adjacent to an activating group) is 1. The van der Waals surface area contributed by atoms with Gasteiger partial charge in [-0.05, 0) is 37.5 Å². The third-order valence-electron chi connectivity index (χ3n) is 4.24. The molecule has 2 N–H and O–H groups in total. The van der Waals surface area contributed by atoms with Crippen LogP contribution in [0.5, 0.6) is 0 Å². The second-order valence-corrected chi connectivity index (χ2v) is 8.35. The lowest BCUT2D eigenvalue weighted by molar-refractivity contribution is -0.122. The van der Waals surface area contributed by atoms with Gasteiger partial charge in [-0.15, -0.1) is 0 Å². The SMILES string of the molecule is Cc1cc(S(=O)(=O)N(C)CC(=O)N[C@H]2CCCOC2)c2[nH]ncc2c1. The van der Waals surface area contributed by atoms with Crippen LogP contribution in [0.3, 0.4) is 0 Å². The summed E-state index contributed by atoms with van der Waals surface area (Å²) in [7, 11) is -2.42. The van der Waals surface area contributed by atoms with Crippen molar-refractivity contribution in [3.8, 4) is 0 Å². The number of nitrogens with one attached hydrogen (secondary N) is 2. The molecular weight excluding hydrogens is 344 g/mol. The Labute approximate surface area is 146 Å². The molecule has 1 fully saturated rings. The van der Waals surface area contributed by atoms with Crippen LogP contribution >= 0.6 is 0 Å². The van der Waals surface area contributed by atoms with E-state index in [1.165, 1.54) is 7.05 Å². The molecule has 1 amide bonds. The van der Waals surface area contributed by atoms with Crippen LogP contribution in [0.2, 0.25) is 0 Å². The van der Waals surface area contributed by atoms with Gasteiger partial charge in [-0.25, -0.2) is 8.42 Å². The van der Waals surface area contributed by atoms with Crippen LogP contribution in [0, 0.1) is 6.92 Å². The summed E-state index contributed by atoms with van der Waals surface area (Å²) in [5, 5.41) is 10.2. The summed E-state index contributed by atoms with van der Waals surface area (Å²) >= 11 is 0. The number of carbonyl (C=O) groups excluding carboxylic acids is 1. The first kappa shape index (κ1) is 17.8. The smallest absolute Gasteiger partial charge is 0.245 e. The fourth-order valence-corrected chi connectivity index (χ4v) is 4.33. The van der Waals surface area contributed by atoms with E-state index in [2.05, 4.69) is 15.5 Å². The average Bonchev–Trinajstić information content (AvgIpc) is 3.02. The highest BCUT2D eigenvalue weighted by Gasteiger charge is 2.27. The van der Waals surface area contributed by atoms with E-state index < -0.39 is 10.0 Å². The number of carbonyl (C=O) groups is 1. The van der Waals surface area contributed by atoms with Gasteiger partial charge in [0.2, 0.25) is 15.9 Å². The molecular formula is C16H22N4O4S.